The zero-order chi connectivity index (χ0) is 20.9. The van der Waals surface area contributed by atoms with Crippen molar-refractivity contribution in [3.8, 4) is 5.75 Å². The minimum absolute atomic E-state index is 0.0390. The topological polar surface area (TPSA) is 90.0 Å². The molecular formula is C20H29NO6S. The molecule has 1 amide bonds. The fourth-order valence-corrected chi connectivity index (χ4v) is 4.95. The molecular weight excluding hydrogens is 382 g/mol. The van der Waals surface area contributed by atoms with E-state index in [-0.39, 0.29) is 30.1 Å². The Labute approximate surface area is 166 Å². The monoisotopic (exact) mass is 411 g/mol. The summed E-state index contributed by atoms with van der Waals surface area (Å²) in [6, 6.07) is 7.09. The Morgan fingerprint density at radius 3 is 2.32 bits per heavy atom. The first-order chi connectivity index (χ1) is 13.1. The Bertz CT molecular complexity index is 787. The van der Waals surface area contributed by atoms with Crippen LogP contribution in [0, 0.1) is 0 Å². The molecule has 0 saturated carbocycles. The molecule has 156 valence electrons. The average Bonchev–Trinajstić information content (AvgIpc) is 3.00. The summed E-state index contributed by atoms with van der Waals surface area (Å²) in [7, 11) is -3.10. The first-order valence-corrected chi connectivity index (χ1v) is 11.4. The molecule has 28 heavy (non-hydrogen) atoms. The van der Waals surface area contributed by atoms with Gasteiger partial charge in [0.1, 0.15) is 5.75 Å². The molecule has 0 aliphatic carbocycles. The predicted octanol–water partition coefficient (Wildman–Crippen LogP) is 2.16. The minimum Gasteiger partial charge on any atom is -0.482 e. The molecule has 1 fully saturated rings. The molecule has 1 aliphatic rings. The number of likely N-dealkylation sites (N-methyl/N-ethyl adjacent to an activating group) is 1. The van der Waals surface area contributed by atoms with Crippen LogP contribution in [0.2, 0.25) is 0 Å². The van der Waals surface area contributed by atoms with Gasteiger partial charge >= 0.3 is 5.97 Å². The summed E-state index contributed by atoms with van der Waals surface area (Å²) in [6.45, 7) is 7.51. The highest BCUT2D eigenvalue weighted by atomic mass is 32.2. The maximum atomic E-state index is 12.6. The number of benzene rings is 1. The molecule has 8 heteroatoms. The van der Waals surface area contributed by atoms with Crippen LogP contribution in [-0.2, 0) is 24.2 Å². The molecule has 0 spiro atoms. The number of rotatable bonds is 8. The van der Waals surface area contributed by atoms with Crippen LogP contribution in [0.25, 0.3) is 0 Å². The number of sulfone groups is 1. The van der Waals surface area contributed by atoms with Gasteiger partial charge in [0, 0.05) is 12.6 Å². The molecule has 0 unspecified atom stereocenters. The van der Waals surface area contributed by atoms with Crippen LogP contribution < -0.4 is 4.74 Å². The van der Waals surface area contributed by atoms with E-state index in [1.54, 1.807) is 19.1 Å². The molecule has 2 atom stereocenters. The van der Waals surface area contributed by atoms with Crippen molar-refractivity contribution in [1.29, 1.82) is 0 Å². The van der Waals surface area contributed by atoms with Gasteiger partial charge < -0.3 is 14.4 Å². The third-order valence-electron chi connectivity index (χ3n) is 4.83. The summed E-state index contributed by atoms with van der Waals surface area (Å²) in [6.07, 6.45) is -0.583. The molecule has 7 nitrogen and oxygen atoms in total. The summed E-state index contributed by atoms with van der Waals surface area (Å²) >= 11 is 0. The van der Waals surface area contributed by atoms with Gasteiger partial charge in [-0.25, -0.2) is 13.2 Å². The van der Waals surface area contributed by atoms with Crippen molar-refractivity contribution in [2.75, 3.05) is 24.7 Å². The van der Waals surface area contributed by atoms with E-state index in [0.717, 1.165) is 0 Å². The van der Waals surface area contributed by atoms with Crippen molar-refractivity contribution >= 4 is 21.7 Å². The Hall–Kier alpha value is -2.09. The molecule has 1 aromatic carbocycles. The van der Waals surface area contributed by atoms with E-state index in [4.69, 9.17) is 9.47 Å². The van der Waals surface area contributed by atoms with E-state index < -0.39 is 21.9 Å². The third-order valence-corrected chi connectivity index (χ3v) is 6.58. The third kappa shape index (κ3) is 5.95. The largest absolute Gasteiger partial charge is 0.482 e. The van der Waals surface area contributed by atoms with Crippen molar-refractivity contribution in [1.82, 2.24) is 4.90 Å². The number of esters is 1. The normalized spacial score (nSPS) is 19.2. The lowest BCUT2D eigenvalue weighted by atomic mass is 10.0. The Kier molecular flexibility index (Phi) is 7.46. The lowest BCUT2D eigenvalue weighted by molar-refractivity contribution is -0.161. The standard InChI is InChI=1S/C20H29NO6S/c1-5-21(17-10-11-28(24,25)13-17)20(23)15(4)27-19(22)12-26-18-8-6-16(7-9-18)14(2)3/h6-9,14-15,17H,5,10-13H2,1-4H3/t15-,17+/m0/s1. The van der Waals surface area contributed by atoms with Crippen molar-refractivity contribution < 1.29 is 27.5 Å². The van der Waals surface area contributed by atoms with Crippen LogP contribution in [0.1, 0.15) is 45.6 Å². The maximum absolute atomic E-state index is 12.6. The second-order valence-electron chi connectivity index (χ2n) is 7.33. The van der Waals surface area contributed by atoms with Gasteiger partial charge in [0.05, 0.1) is 11.5 Å². The first kappa shape index (κ1) is 22.2. The highest BCUT2D eigenvalue weighted by Gasteiger charge is 2.36. The second-order valence-corrected chi connectivity index (χ2v) is 9.55. The van der Waals surface area contributed by atoms with Crippen molar-refractivity contribution in [2.45, 2.75) is 52.2 Å². The van der Waals surface area contributed by atoms with Crippen LogP contribution in [0.3, 0.4) is 0 Å². The van der Waals surface area contributed by atoms with Crippen molar-refractivity contribution in [2.24, 2.45) is 0 Å². The van der Waals surface area contributed by atoms with E-state index >= 15 is 0 Å². The van der Waals surface area contributed by atoms with Gasteiger partial charge in [0.15, 0.2) is 22.5 Å². The summed E-state index contributed by atoms with van der Waals surface area (Å²) < 4.78 is 33.9. The maximum Gasteiger partial charge on any atom is 0.344 e. The van der Waals surface area contributed by atoms with Gasteiger partial charge in [-0.3, -0.25) is 4.79 Å². The van der Waals surface area contributed by atoms with Gasteiger partial charge in [-0.15, -0.1) is 0 Å². The molecule has 1 heterocycles. The van der Waals surface area contributed by atoms with Gasteiger partial charge in [0.25, 0.3) is 5.91 Å². The number of carbonyl (C=O) groups is 2. The van der Waals surface area contributed by atoms with Gasteiger partial charge in [-0.1, -0.05) is 26.0 Å². The summed E-state index contributed by atoms with van der Waals surface area (Å²) in [5, 5.41) is 0. The van der Waals surface area contributed by atoms with E-state index in [1.165, 1.54) is 17.4 Å². The van der Waals surface area contributed by atoms with Crippen LogP contribution in [-0.4, -0.2) is 62.0 Å². The zero-order valence-corrected chi connectivity index (χ0v) is 17.7. The van der Waals surface area contributed by atoms with Crippen LogP contribution in [0.15, 0.2) is 24.3 Å². The number of carbonyl (C=O) groups excluding carboxylic acids is 2. The quantitative estimate of drug-likeness (QED) is 0.609. The molecule has 0 N–H and O–H groups in total. The zero-order valence-electron chi connectivity index (χ0n) is 16.9. The lowest BCUT2D eigenvalue weighted by Gasteiger charge is -2.29. The smallest absolute Gasteiger partial charge is 0.344 e. The molecule has 1 aromatic rings. The summed E-state index contributed by atoms with van der Waals surface area (Å²) in [4.78, 5) is 26.1. The molecule has 1 saturated heterocycles. The highest BCUT2D eigenvalue weighted by molar-refractivity contribution is 7.91. The number of hydrogen-bond donors (Lipinski definition) is 0. The summed E-state index contributed by atoms with van der Waals surface area (Å²) in [5.41, 5.74) is 1.17. The molecule has 2 rings (SSSR count). The van der Waals surface area contributed by atoms with Crippen LogP contribution >= 0.6 is 0 Å². The van der Waals surface area contributed by atoms with Gasteiger partial charge in [-0.2, -0.15) is 0 Å². The average molecular weight is 412 g/mol. The molecule has 1 aliphatic heterocycles. The number of amides is 1. The Morgan fingerprint density at radius 2 is 1.82 bits per heavy atom. The van der Waals surface area contributed by atoms with Gasteiger partial charge in [0.2, 0.25) is 0 Å². The van der Waals surface area contributed by atoms with E-state index in [1.807, 2.05) is 12.1 Å². The number of nitrogens with zero attached hydrogens (tertiary/aromatic N) is 1. The molecule has 0 bridgehead atoms. The SMILES string of the molecule is CCN(C(=O)[C@H](C)OC(=O)COc1ccc(C(C)C)cc1)[C@@H]1CCS(=O)(=O)C1. The number of ether oxygens (including phenoxy) is 2. The van der Waals surface area contributed by atoms with Gasteiger partial charge in [-0.05, 0) is 43.9 Å². The van der Waals surface area contributed by atoms with Crippen LogP contribution in [0.5, 0.6) is 5.75 Å². The van der Waals surface area contributed by atoms with E-state index in [2.05, 4.69) is 13.8 Å². The second kappa shape index (κ2) is 9.41. The Morgan fingerprint density at radius 1 is 1.18 bits per heavy atom. The highest BCUT2D eigenvalue weighted by Crippen LogP contribution is 2.20. The number of hydrogen-bond acceptors (Lipinski definition) is 6. The predicted molar refractivity (Wildman–Crippen MR) is 106 cm³/mol. The van der Waals surface area contributed by atoms with Crippen LogP contribution in [0.4, 0.5) is 0 Å². The fourth-order valence-electron chi connectivity index (χ4n) is 3.22. The Balaban J connectivity index is 1.85. The van der Waals surface area contributed by atoms with Crippen molar-refractivity contribution in [3.05, 3.63) is 29.8 Å². The van der Waals surface area contributed by atoms with E-state index in [9.17, 15) is 18.0 Å². The lowest BCUT2D eigenvalue weighted by Crippen LogP contribution is -2.46. The molecule has 0 aromatic heterocycles. The van der Waals surface area contributed by atoms with Crippen molar-refractivity contribution in [3.63, 3.8) is 0 Å². The summed E-state index contributed by atoms with van der Waals surface area (Å²) in [5.74, 6) is -0.0426. The first-order valence-electron chi connectivity index (χ1n) is 9.56. The van der Waals surface area contributed by atoms with E-state index in [0.29, 0.717) is 24.6 Å². The molecule has 0 radical (unpaired) electrons. The minimum atomic E-state index is -3.10. The fraction of sp³-hybridized carbons (Fsp3) is 0.600.